The molecular formula is C15H19N3O2S. The topological polar surface area (TPSA) is 71.1 Å². The molecule has 21 heavy (non-hydrogen) atoms. The van der Waals surface area contributed by atoms with Crippen LogP contribution in [0, 0.1) is 5.92 Å². The summed E-state index contributed by atoms with van der Waals surface area (Å²) in [4.78, 5) is 4.46. The van der Waals surface area contributed by atoms with Gasteiger partial charge in [0, 0.05) is 18.1 Å². The van der Waals surface area contributed by atoms with Crippen molar-refractivity contribution in [2.45, 2.75) is 17.7 Å². The molecule has 1 atom stereocenters. The molecule has 0 aliphatic carbocycles. The molecule has 3 rings (SSSR count). The monoisotopic (exact) mass is 305 g/mol. The zero-order chi connectivity index (χ0) is 14.7. The number of fused-ring (bicyclic) bond motifs is 1. The van der Waals surface area contributed by atoms with Crippen LogP contribution < -0.4 is 10.0 Å². The van der Waals surface area contributed by atoms with E-state index in [-0.39, 0.29) is 4.90 Å². The zero-order valence-corrected chi connectivity index (χ0v) is 12.6. The highest BCUT2D eigenvalue weighted by atomic mass is 32.2. The standard InChI is InChI=1S/C15H19N3O2S/c19-21(20,18-11-12-4-2-8-16-10-12)14-7-1-5-13-6-3-9-17-15(13)14/h1,3,5-7,9,12,16,18H,2,4,8,10-11H2. The maximum absolute atomic E-state index is 12.5. The predicted octanol–water partition coefficient (Wildman–Crippen LogP) is 1.51. The first-order valence-electron chi connectivity index (χ1n) is 7.21. The van der Waals surface area contributed by atoms with Crippen LogP contribution in [-0.2, 0) is 10.0 Å². The van der Waals surface area contributed by atoms with E-state index in [0.717, 1.165) is 31.3 Å². The molecule has 1 unspecified atom stereocenters. The van der Waals surface area contributed by atoms with Crippen molar-refractivity contribution in [3.63, 3.8) is 0 Å². The summed E-state index contributed by atoms with van der Waals surface area (Å²) in [5.74, 6) is 0.358. The van der Waals surface area contributed by atoms with Crippen LogP contribution in [0.5, 0.6) is 0 Å². The molecule has 2 aromatic rings. The molecule has 112 valence electrons. The number of nitrogens with zero attached hydrogens (tertiary/aromatic N) is 1. The fraction of sp³-hybridized carbons (Fsp3) is 0.400. The predicted molar refractivity (Wildman–Crippen MR) is 82.5 cm³/mol. The Balaban J connectivity index is 1.83. The summed E-state index contributed by atoms with van der Waals surface area (Å²) < 4.78 is 27.8. The molecule has 2 N–H and O–H groups in total. The number of rotatable bonds is 4. The van der Waals surface area contributed by atoms with E-state index in [9.17, 15) is 8.42 Å². The molecule has 1 fully saturated rings. The second kappa shape index (κ2) is 6.09. The molecule has 0 saturated carbocycles. The van der Waals surface area contributed by atoms with Gasteiger partial charge in [-0.2, -0.15) is 0 Å². The number of piperidine rings is 1. The highest BCUT2D eigenvalue weighted by Gasteiger charge is 2.20. The minimum Gasteiger partial charge on any atom is -0.316 e. The summed E-state index contributed by atoms with van der Waals surface area (Å²) in [6, 6.07) is 8.90. The lowest BCUT2D eigenvalue weighted by atomic mass is 10.0. The van der Waals surface area contributed by atoms with E-state index >= 15 is 0 Å². The van der Waals surface area contributed by atoms with Crippen molar-refractivity contribution in [2.75, 3.05) is 19.6 Å². The Morgan fingerprint density at radius 3 is 2.95 bits per heavy atom. The van der Waals surface area contributed by atoms with E-state index in [2.05, 4.69) is 15.0 Å². The van der Waals surface area contributed by atoms with Crippen LogP contribution in [0.4, 0.5) is 0 Å². The van der Waals surface area contributed by atoms with Crippen LogP contribution in [0.25, 0.3) is 10.9 Å². The lowest BCUT2D eigenvalue weighted by Gasteiger charge is -2.22. The van der Waals surface area contributed by atoms with E-state index in [4.69, 9.17) is 0 Å². The Morgan fingerprint density at radius 1 is 1.29 bits per heavy atom. The smallest absolute Gasteiger partial charge is 0.242 e. The molecule has 1 saturated heterocycles. The van der Waals surface area contributed by atoms with Crippen molar-refractivity contribution in [1.29, 1.82) is 0 Å². The van der Waals surface area contributed by atoms with Crippen LogP contribution in [0.15, 0.2) is 41.4 Å². The van der Waals surface area contributed by atoms with Gasteiger partial charge >= 0.3 is 0 Å². The molecule has 1 aliphatic rings. The normalized spacial score (nSPS) is 19.7. The molecule has 0 bridgehead atoms. The maximum Gasteiger partial charge on any atom is 0.242 e. The summed E-state index contributed by atoms with van der Waals surface area (Å²) in [6.07, 6.45) is 3.78. The van der Waals surface area contributed by atoms with Crippen molar-refractivity contribution < 1.29 is 8.42 Å². The second-order valence-electron chi connectivity index (χ2n) is 5.40. The van der Waals surface area contributed by atoms with E-state index in [1.54, 1.807) is 24.4 Å². The lowest BCUT2D eigenvalue weighted by Crippen LogP contribution is -2.38. The average Bonchev–Trinajstić information content (AvgIpc) is 2.53. The van der Waals surface area contributed by atoms with E-state index in [1.165, 1.54) is 0 Å². The van der Waals surface area contributed by atoms with Gasteiger partial charge in [0.05, 0.1) is 5.52 Å². The van der Waals surface area contributed by atoms with Gasteiger partial charge in [0.1, 0.15) is 4.90 Å². The number of hydrogen-bond acceptors (Lipinski definition) is 4. The molecule has 1 aliphatic heterocycles. The number of hydrogen-bond donors (Lipinski definition) is 2. The highest BCUT2D eigenvalue weighted by molar-refractivity contribution is 7.89. The van der Waals surface area contributed by atoms with Gasteiger partial charge in [-0.15, -0.1) is 0 Å². The van der Waals surface area contributed by atoms with Gasteiger partial charge in [0.25, 0.3) is 0 Å². The third kappa shape index (κ3) is 3.23. The van der Waals surface area contributed by atoms with E-state index < -0.39 is 10.0 Å². The van der Waals surface area contributed by atoms with E-state index in [0.29, 0.717) is 18.0 Å². The Kier molecular flexibility index (Phi) is 4.19. The summed E-state index contributed by atoms with van der Waals surface area (Å²) >= 11 is 0. The van der Waals surface area contributed by atoms with Gasteiger partial charge in [-0.05, 0) is 44.0 Å². The third-order valence-corrected chi connectivity index (χ3v) is 5.30. The summed E-state index contributed by atoms with van der Waals surface area (Å²) in [7, 11) is -3.53. The van der Waals surface area contributed by atoms with Crippen LogP contribution in [0.1, 0.15) is 12.8 Å². The Morgan fingerprint density at radius 2 is 2.14 bits per heavy atom. The lowest BCUT2D eigenvalue weighted by molar-refractivity contribution is 0.376. The molecule has 1 aromatic carbocycles. The van der Waals surface area contributed by atoms with Crippen LogP contribution >= 0.6 is 0 Å². The van der Waals surface area contributed by atoms with Crippen LogP contribution in [0.2, 0.25) is 0 Å². The van der Waals surface area contributed by atoms with Gasteiger partial charge in [-0.25, -0.2) is 13.1 Å². The van der Waals surface area contributed by atoms with E-state index in [1.807, 2.05) is 12.1 Å². The number of para-hydroxylation sites is 1. The number of pyridine rings is 1. The summed E-state index contributed by atoms with van der Waals surface area (Å²) in [6.45, 7) is 2.37. The third-order valence-electron chi connectivity index (χ3n) is 3.85. The van der Waals surface area contributed by atoms with Gasteiger partial charge in [0.15, 0.2) is 0 Å². The molecule has 1 aromatic heterocycles. The number of aromatic nitrogens is 1. The molecule has 5 nitrogen and oxygen atoms in total. The molecule has 2 heterocycles. The maximum atomic E-state index is 12.5. The number of nitrogens with one attached hydrogen (secondary N) is 2. The molecule has 0 amide bonds. The second-order valence-corrected chi connectivity index (χ2v) is 7.13. The summed E-state index contributed by atoms with van der Waals surface area (Å²) in [5, 5.41) is 4.13. The first-order valence-corrected chi connectivity index (χ1v) is 8.69. The fourth-order valence-corrected chi connectivity index (χ4v) is 3.99. The minimum atomic E-state index is -3.53. The first-order chi connectivity index (χ1) is 10.2. The fourth-order valence-electron chi connectivity index (χ4n) is 2.70. The van der Waals surface area contributed by atoms with Crippen molar-refractivity contribution >= 4 is 20.9 Å². The largest absolute Gasteiger partial charge is 0.316 e. The van der Waals surface area contributed by atoms with Gasteiger partial charge in [0.2, 0.25) is 10.0 Å². The Hall–Kier alpha value is -1.50. The zero-order valence-electron chi connectivity index (χ0n) is 11.7. The van der Waals surface area contributed by atoms with Crippen molar-refractivity contribution in [2.24, 2.45) is 5.92 Å². The number of benzene rings is 1. The Labute approximate surface area is 124 Å². The highest BCUT2D eigenvalue weighted by Crippen LogP contribution is 2.20. The summed E-state index contributed by atoms with van der Waals surface area (Å²) in [5.41, 5.74) is 0.522. The SMILES string of the molecule is O=S(=O)(NCC1CCCNC1)c1cccc2cccnc12. The quantitative estimate of drug-likeness (QED) is 0.898. The molecule has 6 heteroatoms. The van der Waals surface area contributed by atoms with Gasteiger partial charge < -0.3 is 5.32 Å². The Bertz CT molecular complexity index is 719. The van der Waals surface area contributed by atoms with Crippen LogP contribution in [0.3, 0.4) is 0 Å². The van der Waals surface area contributed by atoms with Gasteiger partial charge in [-0.3, -0.25) is 4.98 Å². The molecule has 0 spiro atoms. The number of sulfonamides is 1. The van der Waals surface area contributed by atoms with Crippen LogP contribution in [-0.4, -0.2) is 33.0 Å². The minimum absolute atomic E-state index is 0.254. The first kappa shape index (κ1) is 14.4. The van der Waals surface area contributed by atoms with Crippen molar-refractivity contribution in [1.82, 2.24) is 15.0 Å². The molecule has 0 radical (unpaired) electrons. The van der Waals surface area contributed by atoms with Gasteiger partial charge in [-0.1, -0.05) is 18.2 Å². The average molecular weight is 305 g/mol. The molecular weight excluding hydrogens is 286 g/mol. The van der Waals surface area contributed by atoms with Crippen molar-refractivity contribution in [3.05, 3.63) is 36.5 Å². The van der Waals surface area contributed by atoms with Crippen molar-refractivity contribution in [3.8, 4) is 0 Å².